The molecule has 2 rings (SSSR count). The Morgan fingerprint density at radius 1 is 1.13 bits per heavy atom. The van der Waals surface area contributed by atoms with Crippen LogP contribution in [0.4, 0.5) is 0 Å². The number of ketones is 1. The number of carboxylic acids is 1. The van der Waals surface area contributed by atoms with E-state index >= 15 is 0 Å². The molecule has 31 heavy (non-hydrogen) atoms. The van der Waals surface area contributed by atoms with Crippen LogP contribution in [0.2, 0.25) is 0 Å². The predicted molar refractivity (Wildman–Crippen MR) is 126 cm³/mol. The van der Waals surface area contributed by atoms with Crippen molar-refractivity contribution in [3.8, 4) is 0 Å². The van der Waals surface area contributed by atoms with Crippen LogP contribution in [0.5, 0.6) is 0 Å². The van der Waals surface area contributed by atoms with E-state index in [0.717, 1.165) is 25.0 Å². The Hall–Kier alpha value is -0.850. The number of aliphatic carboxylic acids is 1. The molecule has 4 atom stereocenters. The van der Waals surface area contributed by atoms with E-state index in [9.17, 15) is 24.9 Å². The fraction of sp³-hybridized carbons (Fsp3) is 0.840. The molecule has 0 aliphatic heterocycles. The Balaban J connectivity index is 1.87. The number of aliphatic hydroxyl groups excluding tert-OH is 1. The zero-order valence-electron chi connectivity index (χ0n) is 19.2. The second-order valence-electron chi connectivity index (χ2n) is 9.38. The first-order valence-corrected chi connectivity index (χ1v) is 13.4. The fourth-order valence-corrected chi connectivity index (χ4v) is 6.71. The summed E-state index contributed by atoms with van der Waals surface area (Å²) in [6, 6.07) is 0. The molecule has 2 aliphatic rings. The van der Waals surface area contributed by atoms with Crippen LogP contribution in [-0.4, -0.2) is 50.3 Å². The van der Waals surface area contributed by atoms with E-state index in [2.05, 4.69) is 6.92 Å². The molecule has 3 N–H and O–H groups in total. The SMILES string of the molecule is CCCCCCCC[C@@H]1[C@@H](CCC(=O)C=C2CCCC2(O)C(=O)O)CC[C@H]1SCCO. The average Bonchev–Trinajstić information content (AvgIpc) is 3.31. The van der Waals surface area contributed by atoms with Gasteiger partial charge in [0, 0.05) is 17.4 Å². The summed E-state index contributed by atoms with van der Waals surface area (Å²) in [5.41, 5.74) is -1.48. The van der Waals surface area contributed by atoms with Gasteiger partial charge in [-0.25, -0.2) is 4.79 Å². The first-order valence-electron chi connectivity index (χ1n) is 12.3. The Labute approximate surface area is 192 Å². The van der Waals surface area contributed by atoms with Crippen molar-refractivity contribution in [3.63, 3.8) is 0 Å². The minimum Gasteiger partial charge on any atom is -0.479 e. The standard InChI is InChI=1S/C25H42O5S/c1-2-3-4-5-6-7-10-22-19(12-14-23(22)31-17-16-26)11-13-21(27)18-20-9-8-15-25(20,30)24(28)29/h18-19,22-23,26,30H,2-17H2,1H3,(H,28,29)/t19-,22+,23+,25?/m0/s1. The smallest absolute Gasteiger partial charge is 0.340 e. The number of aliphatic hydroxyl groups is 2. The molecule has 0 amide bonds. The normalized spacial score (nSPS) is 29.6. The molecule has 0 heterocycles. The molecule has 6 heteroatoms. The molecule has 178 valence electrons. The van der Waals surface area contributed by atoms with Crippen molar-refractivity contribution in [2.75, 3.05) is 12.4 Å². The van der Waals surface area contributed by atoms with Gasteiger partial charge in [-0.1, -0.05) is 45.4 Å². The highest BCUT2D eigenvalue weighted by molar-refractivity contribution is 7.99. The topological polar surface area (TPSA) is 94.8 Å². The Kier molecular flexibility index (Phi) is 11.6. The zero-order valence-corrected chi connectivity index (χ0v) is 20.0. The van der Waals surface area contributed by atoms with E-state index in [0.29, 0.717) is 41.9 Å². The lowest BCUT2D eigenvalue weighted by atomic mass is 9.86. The molecule has 5 nitrogen and oxygen atoms in total. The highest BCUT2D eigenvalue weighted by Gasteiger charge is 2.43. The lowest BCUT2D eigenvalue weighted by Crippen LogP contribution is -2.37. The van der Waals surface area contributed by atoms with E-state index in [1.807, 2.05) is 11.8 Å². The summed E-state index contributed by atoms with van der Waals surface area (Å²) in [5.74, 6) is 0.606. The predicted octanol–water partition coefficient (Wildman–Crippen LogP) is 5.13. The Morgan fingerprint density at radius 2 is 1.87 bits per heavy atom. The van der Waals surface area contributed by atoms with Gasteiger partial charge in [-0.05, 0) is 68.4 Å². The molecule has 2 fully saturated rings. The number of carbonyl (C=O) groups excluding carboxylic acids is 1. The Morgan fingerprint density at radius 3 is 2.58 bits per heavy atom. The van der Waals surface area contributed by atoms with Crippen molar-refractivity contribution in [3.05, 3.63) is 11.6 Å². The number of hydrogen-bond donors (Lipinski definition) is 3. The zero-order chi connectivity index (χ0) is 22.7. The molecule has 1 unspecified atom stereocenters. The largest absolute Gasteiger partial charge is 0.479 e. The van der Waals surface area contributed by atoms with Crippen molar-refractivity contribution in [2.24, 2.45) is 11.8 Å². The molecule has 0 aromatic carbocycles. The number of carbonyl (C=O) groups is 2. The third-order valence-corrected chi connectivity index (χ3v) is 8.62. The number of unbranched alkanes of at least 4 members (excludes halogenated alkanes) is 5. The first kappa shape index (κ1) is 26.4. The van der Waals surface area contributed by atoms with Crippen LogP contribution in [0.3, 0.4) is 0 Å². The van der Waals surface area contributed by atoms with Crippen LogP contribution in [0.15, 0.2) is 11.6 Å². The molecule has 0 aromatic rings. The van der Waals surface area contributed by atoms with Gasteiger partial charge in [0.1, 0.15) is 0 Å². The summed E-state index contributed by atoms with van der Waals surface area (Å²) in [6.07, 6.45) is 15.2. The summed E-state index contributed by atoms with van der Waals surface area (Å²) in [5, 5.41) is 29.5. The summed E-state index contributed by atoms with van der Waals surface area (Å²) >= 11 is 1.89. The monoisotopic (exact) mass is 454 g/mol. The van der Waals surface area contributed by atoms with Gasteiger partial charge < -0.3 is 15.3 Å². The van der Waals surface area contributed by atoms with Crippen LogP contribution in [0, 0.1) is 11.8 Å². The van der Waals surface area contributed by atoms with Gasteiger partial charge in [-0.2, -0.15) is 11.8 Å². The van der Waals surface area contributed by atoms with E-state index in [4.69, 9.17) is 0 Å². The molecule has 0 bridgehead atoms. The fourth-order valence-electron chi connectivity index (χ4n) is 5.39. The van der Waals surface area contributed by atoms with Crippen LogP contribution in [0.25, 0.3) is 0 Å². The Bertz CT molecular complexity index is 605. The van der Waals surface area contributed by atoms with E-state index < -0.39 is 11.6 Å². The average molecular weight is 455 g/mol. The van der Waals surface area contributed by atoms with E-state index in [1.165, 1.54) is 51.0 Å². The first-order chi connectivity index (χ1) is 14.9. The van der Waals surface area contributed by atoms with Gasteiger partial charge in [0.2, 0.25) is 0 Å². The van der Waals surface area contributed by atoms with Gasteiger partial charge in [-0.15, -0.1) is 0 Å². The third-order valence-electron chi connectivity index (χ3n) is 7.19. The van der Waals surface area contributed by atoms with Crippen LogP contribution in [0.1, 0.15) is 96.8 Å². The van der Waals surface area contributed by atoms with Gasteiger partial charge in [-0.3, -0.25) is 4.79 Å². The minimum absolute atomic E-state index is 0.0543. The van der Waals surface area contributed by atoms with Gasteiger partial charge >= 0.3 is 5.97 Å². The summed E-state index contributed by atoms with van der Waals surface area (Å²) < 4.78 is 0. The van der Waals surface area contributed by atoms with Crippen LogP contribution in [-0.2, 0) is 9.59 Å². The number of thioether (sulfide) groups is 1. The number of hydrogen-bond acceptors (Lipinski definition) is 5. The van der Waals surface area contributed by atoms with Crippen molar-refractivity contribution >= 4 is 23.5 Å². The maximum absolute atomic E-state index is 12.6. The third kappa shape index (κ3) is 7.90. The van der Waals surface area contributed by atoms with Crippen LogP contribution >= 0.6 is 11.8 Å². The lowest BCUT2D eigenvalue weighted by molar-refractivity contribution is -0.153. The molecule has 0 radical (unpaired) electrons. The molecule has 0 aromatic heterocycles. The van der Waals surface area contributed by atoms with Gasteiger partial charge in [0.15, 0.2) is 11.4 Å². The number of rotatable bonds is 15. The van der Waals surface area contributed by atoms with Crippen LogP contribution < -0.4 is 0 Å². The summed E-state index contributed by atoms with van der Waals surface area (Å²) in [7, 11) is 0. The number of allylic oxidation sites excluding steroid dienone is 1. The highest BCUT2D eigenvalue weighted by atomic mass is 32.2. The highest BCUT2D eigenvalue weighted by Crippen LogP contribution is 2.44. The van der Waals surface area contributed by atoms with Crippen molar-refractivity contribution in [2.45, 2.75) is 108 Å². The summed E-state index contributed by atoms with van der Waals surface area (Å²) in [4.78, 5) is 24.0. The van der Waals surface area contributed by atoms with E-state index in [1.54, 1.807) is 0 Å². The van der Waals surface area contributed by atoms with Gasteiger partial charge in [0.25, 0.3) is 0 Å². The second-order valence-corrected chi connectivity index (χ2v) is 10.7. The summed E-state index contributed by atoms with van der Waals surface area (Å²) in [6.45, 7) is 2.45. The molecule has 2 aliphatic carbocycles. The molecular formula is C25H42O5S. The molecule has 0 saturated heterocycles. The second kappa shape index (κ2) is 13.6. The molecular weight excluding hydrogens is 412 g/mol. The minimum atomic E-state index is -1.85. The molecule has 0 spiro atoms. The van der Waals surface area contributed by atoms with Gasteiger partial charge in [0.05, 0.1) is 6.61 Å². The molecule has 2 saturated carbocycles. The van der Waals surface area contributed by atoms with Crippen molar-refractivity contribution in [1.82, 2.24) is 0 Å². The van der Waals surface area contributed by atoms with Crippen molar-refractivity contribution in [1.29, 1.82) is 0 Å². The van der Waals surface area contributed by atoms with E-state index in [-0.39, 0.29) is 18.8 Å². The maximum Gasteiger partial charge on any atom is 0.340 e. The van der Waals surface area contributed by atoms with Crippen molar-refractivity contribution < 1.29 is 24.9 Å². The maximum atomic E-state index is 12.6. The number of carboxylic acid groups (broad SMARTS) is 1. The lowest BCUT2D eigenvalue weighted by Gasteiger charge is -2.25. The quantitative estimate of drug-likeness (QED) is 0.234.